The number of hydrogen-bond donors (Lipinski definition) is 1. The average molecular weight is 490 g/mol. The van der Waals surface area contributed by atoms with Crippen LogP contribution in [0, 0.1) is 10.1 Å². The van der Waals surface area contributed by atoms with Crippen LogP contribution in [-0.4, -0.2) is 51.9 Å². The van der Waals surface area contributed by atoms with E-state index in [9.17, 15) is 24.5 Å². The van der Waals surface area contributed by atoms with Crippen LogP contribution in [0.2, 0.25) is 0 Å². The first-order valence-corrected chi connectivity index (χ1v) is 11.8. The molecule has 172 valence electrons. The van der Waals surface area contributed by atoms with E-state index in [4.69, 9.17) is 9.47 Å². The van der Waals surface area contributed by atoms with Crippen molar-refractivity contribution in [2.24, 2.45) is 0 Å². The van der Waals surface area contributed by atoms with E-state index >= 15 is 0 Å². The minimum Gasteiger partial charge on any atom is -0.498 e. The average Bonchev–Trinajstić information content (AvgIpc) is 3.33. The maximum Gasteiger partial charge on any atom is 0.358 e. The van der Waals surface area contributed by atoms with Crippen LogP contribution in [0.1, 0.15) is 10.4 Å². The second-order valence-corrected chi connectivity index (χ2v) is 9.32. The van der Waals surface area contributed by atoms with Gasteiger partial charge in [-0.1, -0.05) is 6.07 Å². The first kappa shape index (κ1) is 22.8. The molecule has 2 aliphatic rings. The van der Waals surface area contributed by atoms with Crippen LogP contribution in [0.3, 0.4) is 0 Å². The van der Waals surface area contributed by atoms with Gasteiger partial charge in [0.15, 0.2) is 5.70 Å². The highest BCUT2D eigenvalue weighted by Gasteiger charge is 2.55. The van der Waals surface area contributed by atoms with Crippen molar-refractivity contribution in [1.82, 2.24) is 10.2 Å². The molecule has 1 fully saturated rings. The highest BCUT2D eigenvalue weighted by molar-refractivity contribution is 8.00. The fourth-order valence-corrected chi connectivity index (χ4v) is 5.48. The number of esters is 1. The monoisotopic (exact) mass is 489 g/mol. The minimum atomic E-state index is -0.743. The molecule has 0 saturated carbocycles. The molecule has 2 aromatic rings. The van der Waals surface area contributed by atoms with Gasteiger partial charge in [0.2, 0.25) is 5.91 Å². The number of non-ortho nitro benzene ring substituents is 1. The molecule has 1 aromatic heterocycles. The Balaban J connectivity index is 1.41. The molecule has 2 aliphatic heterocycles. The number of amides is 2. The fourth-order valence-electron chi connectivity index (χ4n) is 3.46. The zero-order valence-corrected chi connectivity index (χ0v) is 19.0. The number of fused-ring (bicyclic) bond motifs is 1. The SMILES string of the molecule is COC1=C(C(=O)OCc2ccc([N+](=O)[O-])cc2)N2C(=O)C(NC(=O)Cc3cccs3)[C@H]2SC1. The molecule has 0 radical (unpaired) electrons. The molecule has 1 aromatic carbocycles. The van der Waals surface area contributed by atoms with E-state index in [1.165, 1.54) is 59.4 Å². The number of β-lactam (4-membered cyclic amide) rings is 1. The molecule has 1 N–H and O–H groups in total. The highest BCUT2D eigenvalue weighted by atomic mass is 32.2. The Kier molecular flexibility index (Phi) is 6.65. The first-order chi connectivity index (χ1) is 15.9. The van der Waals surface area contributed by atoms with Gasteiger partial charge in [-0.3, -0.25) is 24.6 Å². The quantitative estimate of drug-likeness (QED) is 0.259. The van der Waals surface area contributed by atoms with Crippen molar-refractivity contribution in [2.45, 2.75) is 24.4 Å². The highest BCUT2D eigenvalue weighted by Crippen LogP contribution is 2.40. The summed E-state index contributed by atoms with van der Waals surface area (Å²) < 4.78 is 10.7. The predicted molar refractivity (Wildman–Crippen MR) is 120 cm³/mol. The lowest BCUT2D eigenvalue weighted by molar-refractivity contribution is -0.384. The number of nitro groups is 1. The zero-order chi connectivity index (χ0) is 23.5. The Morgan fingerprint density at radius 1 is 1.27 bits per heavy atom. The number of nitrogens with zero attached hydrogens (tertiary/aromatic N) is 2. The Bertz CT molecular complexity index is 1120. The van der Waals surface area contributed by atoms with Gasteiger partial charge in [-0.15, -0.1) is 23.1 Å². The number of thiophene rings is 1. The van der Waals surface area contributed by atoms with Crippen molar-refractivity contribution in [3.05, 3.63) is 73.8 Å². The van der Waals surface area contributed by atoms with Crippen LogP contribution in [0.4, 0.5) is 5.69 Å². The van der Waals surface area contributed by atoms with Crippen LogP contribution in [0.15, 0.2) is 53.2 Å². The van der Waals surface area contributed by atoms with Crippen molar-refractivity contribution in [1.29, 1.82) is 0 Å². The third kappa shape index (κ3) is 4.71. The van der Waals surface area contributed by atoms with E-state index in [0.29, 0.717) is 17.1 Å². The number of ether oxygens (including phenoxy) is 2. The molecular formula is C21H19N3O7S2. The van der Waals surface area contributed by atoms with Crippen LogP contribution in [0.5, 0.6) is 0 Å². The lowest BCUT2D eigenvalue weighted by atomic mass is 10.0. The molecule has 10 nitrogen and oxygen atoms in total. The number of benzene rings is 1. The summed E-state index contributed by atoms with van der Waals surface area (Å²) in [5.74, 6) is -0.776. The van der Waals surface area contributed by atoms with Gasteiger partial charge in [-0.25, -0.2) is 4.79 Å². The van der Waals surface area contributed by atoms with Crippen molar-refractivity contribution < 1.29 is 28.8 Å². The molecule has 2 atom stereocenters. The summed E-state index contributed by atoms with van der Waals surface area (Å²) in [6.45, 7) is -0.127. The summed E-state index contributed by atoms with van der Waals surface area (Å²) in [6.07, 6.45) is 0.183. The number of carbonyl (C=O) groups excluding carboxylic acids is 3. The Morgan fingerprint density at radius 3 is 2.67 bits per heavy atom. The lowest BCUT2D eigenvalue weighted by Gasteiger charge is -2.49. The lowest BCUT2D eigenvalue weighted by Crippen LogP contribution is -2.70. The Hall–Kier alpha value is -3.38. The largest absolute Gasteiger partial charge is 0.498 e. The molecule has 0 bridgehead atoms. The van der Waals surface area contributed by atoms with Gasteiger partial charge in [-0.2, -0.15) is 0 Å². The summed E-state index contributed by atoms with van der Waals surface area (Å²) in [6, 6.07) is 8.58. The third-order valence-corrected chi connectivity index (χ3v) is 7.25. The van der Waals surface area contributed by atoms with E-state index < -0.39 is 28.2 Å². The van der Waals surface area contributed by atoms with E-state index in [-0.39, 0.29) is 30.3 Å². The second-order valence-electron chi connectivity index (χ2n) is 7.19. The fraction of sp³-hybridized carbons (Fsp3) is 0.286. The maximum atomic E-state index is 12.8. The maximum absolute atomic E-state index is 12.8. The van der Waals surface area contributed by atoms with Crippen molar-refractivity contribution >= 4 is 46.6 Å². The number of nitro benzene ring substituents is 1. The van der Waals surface area contributed by atoms with Gasteiger partial charge in [0.25, 0.3) is 11.6 Å². The molecule has 4 rings (SSSR count). The molecular weight excluding hydrogens is 470 g/mol. The number of rotatable bonds is 8. The summed E-state index contributed by atoms with van der Waals surface area (Å²) in [5, 5.41) is 15.0. The van der Waals surface area contributed by atoms with E-state index in [1.54, 1.807) is 0 Å². The topological polar surface area (TPSA) is 128 Å². The number of hydrogen-bond acceptors (Lipinski definition) is 9. The molecule has 1 saturated heterocycles. The van der Waals surface area contributed by atoms with Gasteiger partial charge < -0.3 is 14.8 Å². The van der Waals surface area contributed by atoms with Crippen molar-refractivity contribution in [3.8, 4) is 0 Å². The van der Waals surface area contributed by atoms with Crippen LogP contribution in [0.25, 0.3) is 0 Å². The predicted octanol–water partition coefficient (Wildman–Crippen LogP) is 2.20. The first-order valence-electron chi connectivity index (χ1n) is 9.83. The summed E-state index contributed by atoms with van der Waals surface area (Å²) in [5.41, 5.74) is 0.501. The summed E-state index contributed by atoms with van der Waals surface area (Å²) in [7, 11) is 1.41. The number of carbonyl (C=O) groups is 3. The third-order valence-electron chi connectivity index (χ3n) is 5.12. The smallest absolute Gasteiger partial charge is 0.358 e. The molecule has 0 aliphatic carbocycles. The Morgan fingerprint density at radius 2 is 2.03 bits per heavy atom. The summed E-state index contributed by atoms with van der Waals surface area (Å²) >= 11 is 2.85. The van der Waals surface area contributed by atoms with Gasteiger partial charge in [0.1, 0.15) is 23.8 Å². The minimum absolute atomic E-state index is 0.0110. The van der Waals surface area contributed by atoms with E-state index in [0.717, 1.165) is 4.88 Å². The number of nitrogens with one attached hydrogen (secondary N) is 1. The molecule has 3 heterocycles. The van der Waals surface area contributed by atoms with Crippen LogP contribution >= 0.6 is 23.1 Å². The molecule has 0 spiro atoms. The Labute approximate surface area is 196 Å². The molecule has 33 heavy (non-hydrogen) atoms. The van der Waals surface area contributed by atoms with E-state index in [2.05, 4.69) is 5.32 Å². The molecule has 12 heteroatoms. The normalized spacial score (nSPS) is 19.4. The van der Waals surface area contributed by atoms with Gasteiger partial charge in [0.05, 0.1) is 24.2 Å². The molecule has 2 amide bonds. The summed E-state index contributed by atoms with van der Waals surface area (Å²) in [4.78, 5) is 50.4. The second kappa shape index (κ2) is 9.63. The standard InChI is InChI=1S/C21H19N3O7S2/c1-30-15-11-33-20-17(22-16(25)9-14-3-2-8-32-14)19(26)23(20)18(15)21(27)31-10-12-4-6-13(7-5-12)24(28)29/h2-8,17,20H,9-11H2,1H3,(H,22,25)/t17?,20-/m1/s1. The van der Waals surface area contributed by atoms with Gasteiger partial charge in [-0.05, 0) is 29.1 Å². The van der Waals surface area contributed by atoms with E-state index in [1.807, 2.05) is 17.5 Å². The number of methoxy groups -OCH3 is 1. The molecule has 1 unspecified atom stereocenters. The van der Waals surface area contributed by atoms with Crippen molar-refractivity contribution in [3.63, 3.8) is 0 Å². The van der Waals surface area contributed by atoms with Gasteiger partial charge in [0, 0.05) is 17.0 Å². The zero-order valence-electron chi connectivity index (χ0n) is 17.4. The van der Waals surface area contributed by atoms with Crippen LogP contribution < -0.4 is 5.32 Å². The van der Waals surface area contributed by atoms with Crippen LogP contribution in [-0.2, 0) is 36.9 Å². The number of thioether (sulfide) groups is 1. The van der Waals surface area contributed by atoms with Gasteiger partial charge >= 0.3 is 5.97 Å². The van der Waals surface area contributed by atoms with Crippen molar-refractivity contribution in [2.75, 3.05) is 12.9 Å².